The number of allylic oxidation sites excluding steroid dienone is 1. The van der Waals surface area contributed by atoms with Crippen molar-refractivity contribution in [3.8, 4) is 11.6 Å². The van der Waals surface area contributed by atoms with E-state index >= 15 is 0 Å². The molecule has 48 heavy (non-hydrogen) atoms. The molecule has 256 valence electrons. The first-order chi connectivity index (χ1) is 22.9. The lowest BCUT2D eigenvalue weighted by atomic mass is 9.85. The number of likely N-dealkylation sites (tertiary alicyclic amines) is 1. The van der Waals surface area contributed by atoms with Crippen LogP contribution in [0.3, 0.4) is 0 Å². The summed E-state index contributed by atoms with van der Waals surface area (Å²) < 4.78 is 17.4. The molecular weight excluding hydrogens is 636 g/mol. The Labute approximate surface area is 285 Å². The molecule has 2 aromatic carbocycles. The Balaban J connectivity index is 1.41. The van der Waals surface area contributed by atoms with Crippen molar-refractivity contribution in [2.24, 2.45) is 17.3 Å². The number of carboxylic acid groups (broad SMARTS) is 1. The summed E-state index contributed by atoms with van der Waals surface area (Å²) >= 11 is 6.53. The first kappa shape index (κ1) is 34.9. The maximum absolute atomic E-state index is 14.4. The smallest absolute Gasteiger partial charge is 0.408 e. The summed E-state index contributed by atoms with van der Waals surface area (Å²) in [7, 11) is 1.54. The summed E-state index contributed by atoms with van der Waals surface area (Å²) in [6, 6.07) is 12.2. The Morgan fingerprint density at radius 2 is 1.88 bits per heavy atom. The molecular formula is C36H43ClN4O7. The second-order valence-electron chi connectivity index (χ2n) is 13.6. The van der Waals surface area contributed by atoms with Crippen molar-refractivity contribution in [3.63, 3.8) is 0 Å². The number of amides is 2. The van der Waals surface area contributed by atoms with Crippen LogP contribution >= 0.6 is 11.6 Å². The van der Waals surface area contributed by atoms with E-state index in [-0.39, 0.29) is 29.6 Å². The zero-order valence-corrected chi connectivity index (χ0v) is 28.5. The molecule has 1 aromatic heterocycles. The number of carboxylic acids is 1. The molecule has 5 rings (SSSR count). The van der Waals surface area contributed by atoms with Crippen LogP contribution in [-0.4, -0.2) is 75.9 Å². The highest BCUT2D eigenvalue weighted by atomic mass is 35.5. The largest absolute Gasteiger partial charge is 0.497 e. The van der Waals surface area contributed by atoms with E-state index in [2.05, 4.69) is 21.9 Å². The normalized spacial score (nSPS) is 22.5. The van der Waals surface area contributed by atoms with Crippen LogP contribution in [0.25, 0.3) is 11.0 Å². The van der Waals surface area contributed by atoms with E-state index in [4.69, 9.17) is 25.8 Å². The number of hydrogen-bond donors (Lipinski definition) is 2. The molecule has 1 aliphatic carbocycles. The second kappa shape index (κ2) is 14.8. The topological polar surface area (TPSA) is 140 Å². The molecule has 0 unspecified atom stereocenters. The Bertz CT molecular complexity index is 1650. The van der Waals surface area contributed by atoms with Crippen LogP contribution in [0.15, 0.2) is 61.2 Å². The van der Waals surface area contributed by atoms with Gasteiger partial charge in [-0.05, 0) is 61.1 Å². The van der Waals surface area contributed by atoms with Gasteiger partial charge in [-0.2, -0.15) is 0 Å². The van der Waals surface area contributed by atoms with Gasteiger partial charge in [0.2, 0.25) is 5.91 Å². The third-order valence-corrected chi connectivity index (χ3v) is 9.23. The van der Waals surface area contributed by atoms with Crippen LogP contribution in [0.5, 0.6) is 11.6 Å². The van der Waals surface area contributed by atoms with Gasteiger partial charge in [-0.3, -0.25) is 4.79 Å². The number of unbranched alkanes of at least 4 members (excludes halogenated alkanes) is 1. The summed E-state index contributed by atoms with van der Waals surface area (Å²) in [5.41, 5.74) is 1.11. The number of aliphatic carboxylic acids is 1. The van der Waals surface area contributed by atoms with E-state index in [1.807, 2.05) is 57.2 Å². The third-order valence-electron chi connectivity index (χ3n) is 8.98. The number of halogens is 1. The highest BCUT2D eigenvalue weighted by molar-refractivity contribution is 6.31. The lowest BCUT2D eigenvalue weighted by molar-refractivity contribution is -0.151. The number of benzene rings is 2. The molecule has 0 bridgehead atoms. The van der Waals surface area contributed by atoms with Gasteiger partial charge in [0.15, 0.2) is 5.15 Å². The SMILES string of the molecule is C=CCCC[C@@H]1C[C@H]1OC(=O)N[C@H](C(=O)N1C[C@H](Oc2nc3cc(OC)ccc3nc2Cl)[C@@H](Cc2ccccc2)[C@H]1C(=O)O)C(C)(C)C. The fourth-order valence-electron chi connectivity index (χ4n) is 6.31. The van der Waals surface area contributed by atoms with Crippen molar-refractivity contribution in [1.82, 2.24) is 20.2 Å². The van der Waals surface area contributed by atoms with Crippen LogP contribution in [0, 0.1) is 17.3 Å². The molecule has 12 heteroatoms. The minimum Gasteiger partial charge on any atom is -0.497 e. The summed E-state index contributed by atoms with van der Waals surface area (Å²) in [4.78, 5) is 50.7. The zero-order chi connectivity index (χ0) is 34.6. The lowest BCUT2D eigenvalue weighted by Crippen LogP contribution is -2.57. The number of fused-ring (bicyclic) bond motifs is 1. The van der Waals surface area contributed by atoms with Crippen LogP contribution in [0.1, 0.15) is 52.0 Å². The number of rotatable bonds is 13. The van der Waals surface area contributed by atoms with Crippen LogP contribution in [-0.2, 0) is 20.7 Å². The van der Waals surface area contributed by atoms with Gasteiger partial charge in [0, 0.05) is 12.0 Å². The standard InChI is InChI=1S/C36H43ClN4O7/c1-6-7-9-14-22-18-27(22)48-35(45)40-30(36(2,3)4)33(42)41-20-28(24(29(41)34(43)44)17-21-12-10-8-11-13-21)47-32-31(37)38-25-16-15-23(46-5)19-26(25)39-32/h6,8,10-13,15-16,19,22,24,27-30H,1,7,9,14,17-18,20H2,2-5H3,(H,40,45)(H,43,44)/t22-,24-,27-,28+,29+,30-/m1/s1. The third kappa shape index (κ3) is 8.18. The van der Waals surface area contributed by atoms with Gasteiger partial charge in [0.05, 0.1) is 24.7 Å². The molecule has 2 heterocycles. The van der Waals surface area contributed by atoms with Crippen LogP contribution < -0.4 is 14.8 Å². The van der Waals surface area contributed by atoms with Gasteiger partial charge in [-0.1, -0.05) is 68.8 Å². The highest BCUT2D eigenvalue weighted by Gasteiger charge is 2.52. The van der Waals surface area contributed by atoms with Gasteiger partial charge < -0.3 is 29.5 Å². The van der Waals surface area contributed by atoms with E-state index in [9.17, 15) is 19.5 Å². The number of aromatic nitrogens is 2. The van der Waals surface area contributed by atoms with Gasteiger partial charge >= 0.3 is 12.1 Å². The van der Waals surface area contributed by atoms with Crippen molar-refractivity contribution in [1.29, 1.82) is 0 Å². The van der Waals surface area contributed by atoms with Crippen molar-refractivity contribution < 1.29 is 33.7 Å². The van der Waals surface area contributed by atoms with Gasteiger partial charge in [-0.15, -0.1) is 6.58 Å². The molecule has 2 aliphatic rings. The molecule has 1 aliphatic heterocycles. The number of methoxy groups -OCH3 is 1. The summed E-state index contributed by atoms with van der Waals surface area (Å²) in [5.74, 6) is -1.55. The van der Waals surface area contributed by atoms with E-state index in [0.29, 0.717) is 23.2 Å². The molecule has 0 spiro atoms. The summed E-state index contributed by atoms with van der Waals surface area (Å²) in [6.07, 6.45) is 4.03. The fraction of sp³-hybridized carbons (Fsp3) is 0.472. The Hall–Kier alpha value is -4.38. The van der Waals surface area contributed by atoms with Gasteiger partial charge in [0.25, 0.3) is 5.88 Å². The molecule has 1 saturated heterocycles. The predicted octanol–water partition coefficient (Wildman–Crippen LogP) is 6.08. The van der Waals surface area contributed by atoms with E-state index < -0.39 is 47.5 Å². The van der Waals surface area contributed by atoms with Gasteiger partial charge in [-0.25, -0.2) is 19.6 Å². The molecule has 11 nitrogen and oxygen atoms in total. The molecule has 6 atom stereocenters. The Morgan fingerprint density at radius 3 is 2.54 bits per heavy atom. The van der Waals surface area contributed by atoms with E-state index in [0.717, 1.165) is 31.2 Å². The number of carbonyl (C=O) groups excluding carboxylic acids is 2. The second-order valence-corrected chi connectivity index (χ2v) is 13.9. The molecule has 2 N–H and O–H groups in total. The fourth-order valence-corrected chi connectivity index (χ4v) is 6.49. The zero-order valence-electron chi connectivity index (χ0n) is 27.7. The summed E-state index contributed by atoms with van der Waals surface area (Å²) in [6.45, 7) is 9.09. The first-order valence-corrected chi connectivity index (χ1v) is 16.6. The average Bonchev–Trinajstić information content (AvgIpc) is 3.68. The predicted molar refractivity (Wildman–Crippen MR) is 181 cm³/mol. The average molecular weight is 679 g/mol. The maximum atomic E-state index is 14.4. The number of hydrogen-bond acceptors (Lipinski definition) is 8. The first-order valence-electron chi connectivity index (χ1n) is 16.2. The molecule has 2 amide bonds. The van der Waals surface area contributed by atoms with Crippen LogP contribution in [0.4, 0.5) is 4.79 Å². The quantitative estimate of drug-likeness (QED) is 0.163. The summed E-state index contributed by atoms with van der Waals surface area (Å²) in [5, 5.41) is 13.4. The van der Waals surface area contributed by atoms with Crippen molar-refractivity contribution in [3.05, 3.63) is 71.9 Å². The van der Waals surface area contributed by atoms with E-state index in [1.54, 1.807) is 25.3 Å². The van der Waals surface area contributed by atoms with Gasteiger partial charge in [0.1, 0.15) is 30.0 Å². The highest BCUT2D eigenvalue weighted by Crippen LogP contribution is 2.39. The van der Waals surface area contributed by atoms with Crippen molar-refractivity contribution >= 4 is 40.6 Å². The number of ether oxygens (including phenoxy) is 3. The number of nitrogens with one attached hydrogen (secondary N) is 1. The maximum Gasteiger partial charge on any atom is 0.408 e. The van der Waals surface area contributed by atoms with E-state index in [1.165, 1.54) is 4.90 Å². The Kier molecular flexibility index (Phi) is 10.8. The van der Waals surface area contributed by atoms with Crippen LogP contribution in [0.2, 0.25) is 5.15 Å². The number of carbonyl (C=O) groups is 3. The molecule has 2 fully saturated rings. The number of nitrogens with zero attached hydrogens (tertiary/aromatic N) is 3. The minimum atomic E-state index is -1.27. The monoisotopic (exact) mass is 678 g/mol. The van der Waals surface area contributed by atoms with Crippen molar-refractivity contribution in [2.75, 3.05) is 13.7 Å². The number of alkyl carbamates (subject to hydrolysis) is 1. The molecule has 0 radical (unpaired) electrons. The molecule has 1 saturated carbocycles. The molecule has 3 aromatic rings. The minimum absolute atomic E-state index is 0.00244. The lowest BCUT2D eigenvalue weighted by Gasteiger charge is -2.35. The van der Waals surface area contributed by atoms with Crippen molar-refractivity contribution in [2.45, 2.75) is 77.2 Å². The Morgan fingerprint density at radius 1 is 1.12 bits per heavy atom.